The van der Waals surface area contributed by atoms with Crippen LogP contribution in [-0.2, 0) is 23.9 Å². The van der Waals surface area contributed by atoms with Crippen molar-refractivity contribution in [1.82, 2.24) is 4.90 Å². The van der Waals surface area contributed by atoms with Crippen LogP contribution in [0.1, 0.15) is 39.5 Å². The summed E-state index contributed by atoms with van der Waals surface area (Å²) in [6.45, 7) is 11.9. The highest BCUT2D eigenvalue weighted by atomic mass is 35.5. The van der Waals surface area contributed by atoms with Gasteiger partial charge in [-0.25, -0.2) is 0 Å². The number of carbonyl (C=O) groups is 3. The molecule has 2 amide bonds. The Morgan fingerprint density at radius 3 is 2.68 bits per heavy atom. The third-order valence-electron chi connectivity index (χ3n) is 8.40. The number of nitrogens with zero attached hydrogens (tertiary/aromatic N) is 2. The van der Waals surface area contributed by atoms with Crippen LogP contribution in [0.5, 0.6) is 0 Å². The van der Waals surface area contributed by atoms with Crippen LogP contribution in [0.25, 0.3) is 0 Å². The lowest BCUT2D eigenvalue weighted by molar-refractivity contribution is -0.161. The molecule has 1 aromatic carbocycles. The maximum atomic E-state index is 14.5. The minimum Gasteiger partial charge on any atom is -0.465 e. The molecule has 3 unspecified atom stereocenters. The maximum absolute atomic E-state index is 14.5. The van der Waals surface area contributed by atoms with Gasteiger partial charge in [0.1, 0.15) is 17.6 Å². The quantitative estimate of drug-likeness (QED) is 0.244. The number of hydrogen-bond acceptors (Lipinski definition) is 6. The zero-order valence-corrected chi connectivity index (χ0v) is 22.9. The number of rotatable bonds is 12. The summed E-state index contributed by atoms with van der Waals surface area (Å²) in [7, 11) is 0. The first-order valence-corrected chi connectivity index (χ1v) is 13.6. The van der Waals surface area contributed by atoms with Crippen molar-refractivity contribution in [2.24, 2.45) is 17.8 Å². The summed E-state index contributed by atoms with van der Waals surface area (Å²) in [6, 6.07) is 6.06. The lowest BCUT2D eigenvalue weighted by Gasteiger charge is -2.37. The highest BCUT2D eigenvalue weighted by Crippen LogP contribution is 2.65. The van der Waals surface area contributed by atoms with Crippen molar-refractivity contribution in [1.29, 1.82) is 0 Å². The summed E-state index contributed by atoms with van der Waals surface area (Å²) in [5.74, 6) is -2.90. The minimum absolute atomic E-state index is 0.0265. The highest BCUT2D eigenvalue weighted by molar-refractivity contribution is 6.34. The van der Waals surface area contributed by atoms with Gasteiger partial charge in [-0.2, -0.15) is 0 Å². The second kappa shape index (κ2) is 11.2. The molecule has 1 spiro atoms. The van der Waals surface area contributed by atoms with Gasteiger partial charge < -0.3 is 24.4 Å². The summed E-state index contributed by atoms with van der Waals surface area (Å²) < 4.78 is 12.3. The van der Waals surface area contributed by atoms with Gasteiger partial charge in [0.25, 0.3) is 5.91 Å². The number of amides is 2. The predicted octanol–water partition coefficient (Wildman–Crippen LogP) is 3.76. The van der Waals surface area contributed by atoms with Crippen molar-refractivity contribution in [3.05, 3.63) is 54.6 Å². The number of fused-ring (bicyclic) bond motifs is 1. The third kappa shape index (κ3) is 4.46. The number of halogens is 1. The molecule has 1 N–H and O–H groups in total. The van der Waals surface area contributed by atoms with E-state index in [2.05, 4.69) is 13.2 Å². The van der Waals surface area contributed by atoms with Crippen molar-refractivity contribution in [3.8, 4) is 0 Å². The standard InChI is InChI=1S/C29H37ClN2O6/c1-5-7-17-37-27(36)23-22-25(34)32(15-10-11-16-33)24(29(22)18-19(3)28(23,4)38-29)26(35)31(14-6-2)21-13-9-8-12-20(21)30/h5-6,8-9,12-13,19,22-24,33H,1-2,7,10-11,14-18H2,3-4H3/t19?,22-,23-,24?,28+,29?/m0/s1. The molecule has 0 aromatic heterocycles. The summed E-state index contributed by atoms with van der Waals surface area (Å²) in [6.07, 6.45) is 5.21. The van der Waals surface area contributed by atoms with Crippen molar-refractivity contribution < 1.29 is 29.0 Å². The number of benzene rings is 1. The Labute approximate surface area is 229 Å². The first-order valence-electron chi connectivity index (χ1n) is 13.2. The molecule has 9 heteroatoms. The van der Waals surface area contributed by atoms with E-state index < -0.39 is 35.0 Å². The molecule has 6 atom stereocenters. The Morgan fingerprint density at radius 1 is 1.29 bits per heavy atom. The van der Waals surface area contributed by atoms with Crippen LogP contribution in [0, 0.1) is 17.8 Å². The van der Waals surface area contributed by atoms with Gasteiger partial charge in [-0.15, -0.1) is 13.2 Å². The van der Waals surface area contributed by atoms with E-state index in [1.807, 2.05) is 13.8 Å². The molecule has 3 fully saturated rings. The van der Waals surface area contributed by atoms with E-state index >= 15 is 0 Å². The number of esters is 1. The van der Waals surface area contributed by atoms with E-state index in [-0.39, 0.29) is 44.0 Å². The Balaban J connectivity index is 1.79. The number of unbranched alkanes of at least 4 members (excludes halogenated alkanes) is 1. The zero-order chi connectivity index (χ0) is 27.7. The van der Waals surface area contributed by atoms with E-state index in [1.165, 1.54) is 4.90 Å². The molecule has 38 heavy (non-hydrogen) atoms. The van der Waals surface area contributed by atoms with Crippen LogP contribution in [0.4, 0.5) is 5.69 Å². The monoisotopic (exact) mass is 544 g/mol. The Morgan fingerprint density at radius 2 is 2.03 bits per heavy atom. The number of aliphatic hydroxyl groups is 1. The van der Waals surface area contributed by atoms with Crippen LogP contribution in [0.2, 0.25) is 5.02 Å². The Kier molecular flexibility index (Phi) is 8.35. The van der Waals surface area contributed by atoms with Crippen LogP contribution >= 0.6 is 11.6 Å². The lowest BCUT2D eigenvalue weighted by atomic mass is 9.62. The van der Waals surface area contributed by atoms with E-state index in [0.29, 0.717) is 36.4 Å². The van der Waals surface area contributed by atoms with E-state index in [9.17, 15) is 19.5 Å². The van der Waals surface area contributed by atoms with Gasteiger partial charge in [0.15, 0.2) is 0 Å². The zero-order valence-electron chi connectivity index (χ0n) is 22.1. The molecule has 206 valence electrons. The SMILES string of the molecule is C=CCCOC(=O)[C@@H]1[C@H]2C(=O)N(CCCCO)C(C(=O)N(CC=C)c3ccccc3Cl)C23CC(C)[C@@]1(C)O3. The topological polar surface area (TPSA) is 96.4 Å². The molecule has 3 aliphatic rings. The van der Waals surface area contributed by atoms with E-state index in [1.54, 1.807) is 41.3 Å². The summed E-state index contributed by atoms with van der Waals surface area (Å²) in [5.41, 5.74) is -1.63. The minimum atomic E-state index is -1.19. The molecule has 0 aliphatic carbocycles. The number of anilines is 1. The van der Waals surface area contributed by atoms with Gasteiger partial charge >= 0.3 is 5.97 Å². The van der Waals surface area contributed by atoms with Gasteiger partial charge in [0.05, 0.1) is 28.8 Å². The molecular weight excluding hydrogens is 508 g/mol. The fraction of sp³-hybridized carbons (Fsp3) is 0.552. The smallest absolute Gasteiger partial charge is 0.312 e. The second-order valence-corrected chi connectivity index (χ2v) is 11.0. The normalized spacial score (nSPS) is 31.3. The van der Waals surface area contributed by atoms with Crippen LogP contribution < -0.4 is 4.90 Å². The van der Waals surface area contributed by atoms with Crippen LogP contribution in [0.3, 0.4) is 0 Å². The second-order valence-electron chi connectivity index (χ2n) is 10.6. The molecule has 8 nitrogen and oxygen atoms in total. The van der Waals surface area contributed by atoms with Gasteiger partial charge in [-0.1, -0.05) is 42.8 Å². The molecule has 1 aromatic rings. The van der Waals surface area contributed by atoms with E-state index in [4.69, 9.17) is 21.1 Å². The average Bonchev–Trinajstić information content (AvgIpc) is 3.40. The predicted molar refractivity (Wildman–Crippen MR) is 145 cm³/mol. The Bertz CT molecular complexity index is 1110. The lowest BCUT2D eigenvalue weighted by Crippen LogP contribution is -2.57. The number of carbonyl (C=O) groups excluding carboxylic acids is 3. The Hall–Kier alpha value is -2.68. The van der Waals surface area contributed by atoms with Crippen LogP contribution in [0.15, 0.2) is 49.6 Å². The highest BCUT2D eigenvalue weighted by Gasteiger charge is 2.80. The molecule has 0 saturated carbocycles. The molecule has 0 radical (unpaired) electrons. The number of likely N-dealkylation sites (tertiary alicyclic amines) is 1. The van der Waals surface area contributed by atoms with Crippen LogP contribution in [-0.4, -0.2) is 71.3 Å². The number of hydrogen-bond donors (Lipinski definition) is 1. The third-order valence-corrected chi connectivity index (χ3v) is 8.72. The van der Waals surface area contributed by atoms with Gasteiger partial charge in [-0.3, -0.25) is 14.4 Å². The van der Waals surface area contributed by atoms with Gasteiger partial charge in [0, 0.05) is 19.7 Å². The molecule has 3 heterocycles. The van der Waals surface area contributed by atoms with E-state index in [0.717, 1.165) is 0 Å². The fourth-order valence-electron chi connectivity index (χ4n) is 6.60. The number of aliphatic hydroxyl groups excluding tert-OH is 1. The first-order chi connectivity index (χ1) is 18.2. The average molecular weight is 545 g/mol. The van der Waals surface area contributed by atoms with Crippen molar-refractivity contribution in [2.45, 2.75) is 56.8 Å². The number of para-hydroxylation sites is 1. The number of ether oxygens (including phenoxy) is 2. The largest absolute Gasteiger partial charge is 0.465 e. The van der Waals surface area contributed by atoms with Gasteiger partial charge in [0.2, 0.25) is 5.91 Å². The van der Waals surface area contributed by atoms with Crippen molar-refractivity contribution in [3.63, 3.8) is 0 Å². The summed E-state index contributed by atoms with van der Waals surface area (Å²) in [5, 5.41) is 9.77. The van der Waals surface area contributed by atoms with Crippen molar-refractivity contribution in [2.75, 3.05) is 31.2 Å². The van der Waals surface area contributed by atoms with Gasteiger partial charge in [-0.05, 0) is 50.7 Å². The summed E-state index contributed by atoms with van der Waals surface area (Å²) >= 11 is 6.50. The molecular formula is C29H37ClN2O6. The molecule has 3 saturated heterocycles. The molecule has 2 bridgehead atoms. The first kappa shape index (κ1) is 28.3. The maximum Gasteiger partial charge on any atom is 0.312 e. The molecule has 4 rings (SSSR count). The van der Waals surface area contributed by atoms with Crippen molar-refractivity contribution >= 4 is 35.1 Å². The fourth-order valence-corrected chi connectivity index (χ4v) is 6.84. The molecule has 3 aliphatic heterocycles. The summed E-state index contributed by atoms with van der Waals surface area (Å²) in [4.78, 5) is 45.1.